The van der Waals surface area contributed by atoms with Gasteiger partial charge in [0.25, 0.3) is 0 Å². The number of nitrogens with one attached hydrogen (secondary N) is 1. The zero-order valence-electron chi connectivity index (χ0n) is 13.5. The van der Waals surface area contributed by atoms with Crippen molar-refractivity contribution in [1.29, 1.82) is 0 Å². The molecule has 2 aromatic rings. The normalized spacial score (nSPS) is 24.4. The van der Waals surface area contributed by atoms with Gasteiger partial charge < -0.3 is 10.2 Å². The van der Waals surface area contributed by atoms with Crippen LogP contribution in [0.25, 0.3) is 10.8 Å². The second-order valence-corrected chi connectivity index (χ2v) is 6.81. The maximum atomic E-state index is 12.8. The van der Waals surface area contributed by atoms with Crippen LogP contribution in [0.5, 0.6) is 0 Å². The maximum Gasteiger partial charge on any atom is 0.224 e. The number of hydrogen-bond acceptors (Lipinski definition) is 2. The number of nitrogens with zero attached hydrogens (tertiary/aromatic N) is 1. The number of fused-ring (bicyclic) bond motifs is 1. The molecular weight excluding hydrogens is 284 g/mol. The lowest BCUT2D eigenvalue weighted by Crippen LogP contribution is -2.35. The molecule has 23 heavy (non-hydrogen) atoms. The van der Waals surface area contributed by atoms with Crippen LogP contribution in [-0.2, 0) is 4.79 Å². The standard InChI is InChI=1S/C20H24N2O/c23-20(14-16-8-4-12-21-16)22-13-5-11-19(22)18-10-3-7-15-6-1-2-9-17(15)18/h1-3,6-7,9-10,16,19,21H,4-5,8,11-14H2. The third-order valence-corrected chi connectivity index (χ3v) is 5.34. The van der Waals surface area contributed by atoms with Gasteiger partial charge in [0.05, 0.1) is 6.04 Å². The molecule has 0 aliphatic carbocycles. The van der Waals surface area contributed by atoms with E-state index in [0.717, 1.165) is 32.4 Å². The van der Waals surface area contributed by atoms with Crippen LogP contribution in [0.3, 0.4) is 0 Å². The van der Waals surface area contributed by atoms with E-state index in [1.165, 1.54) is 22.8 Å². The van der Waals surface area contributed by atoms with Gasteiger partial charge >= 0.3 is 0 Å². The summed E-state index contributed by atoms with van der Waals surface area (Å²) >= 11 is 0. The van der Waals surface area contributed by atoms with Crippen molar-refractivity contribution in [2.24, 2.45) is 0 Å². The van der Waals surface area contributed by atoms with E-state index >= 15 is 0 Å². The van der Waals surface area contributed by atoms with Gasteiger partial charge in [-0.3, -0.25) is 4.79 Å². The van der Waals surface area contributed by atoms with E-state index in [4.69, 9.17) is 0 Å². The predicted octanol–water partition coefficient (Wildman–Crippen LogP) is 3.65. The average Bonchev–Trinajstić information content (AvgIpc) is 3.25. The Hall–Kier alpha value is -1.87. The van der Waals surface area contributed by atoms with Crippen LogP contribution < -0.4 is 5.32 Å². The molecule has 2 aromatic carbocycles. The minimum Gasteiger partial charge on any atom is -0.336 e. The highest BCUT2D eigenvalue weighted by Gasteiger charge is 2.32. The lowest BCUT2D eigenvalue weighted by Gasteiger charge is -2.27. The van der Waals surface area contributed by atoms with Crippen molar-refractivity contribution in [3.63, 3.8) is 0 Å². The van der Waals surface area contributed by atoms with Crippen LogP contribution in [0.4, 0.5) is 0 Å². The summed E-state index contributed by atoms with van der Waals surface area (Å²) in [6.07, 6.45) is 5.18. The summed E-state index contributed by atoms with van der Waals surface area (Å²) in [5, 5.41) is 6.00. The topological polar surface area (TPSA) is 32.3 Å². The predicted molar refractivity (Wildman–Crippen MR) is 93.3 cm³/mol. The molecule has 0 spiro atoms. The molecule has 120 valence electrons. The first-order valence-electron chi connectivity index (χ1n) is 8.83. The van der Waals surface area contributed by atoms with Crippen molar-refractivity contribution in [2.75, 3.05) is 13.1 Å². The van der Waals surface area contributed by atoms with Gasteiger partial charge in [-0.05, 0) is 48.6 Å². The monoisotopic (exact) mass is 308 g/mol. The Balaban J connectivity index is 1.60. The van der Waals surface area contributed by atoms with Crippen LogP contribution in [0.15, 0.2) is 42.5 Å². The summed E-state index contributed by atoms with van der Waals surface area (Å²) in [5.41, 5.74) is 1.31. The zero-order chi connectivity index (χ0) is 15.6. The fourth-order valence-corrected chi connectivity index (χ4v) is 4.19. The lowest BCUT2D eigenvalue weighted by molar-refractivity contribution is -0.132. The molecule has 0 radical (unpaired) electrons. The van der Waals surface area contributed by atoms with Crippen molar-refractivity contribution >= 4 is 16.7 Å². The Morgan fingerprint density at radius 1 is 1.09 bits per heavy atom. The van der Waals surface area contributed by atoms with E-state index in [9.17, 15) is 4.79 Å². The molecule has 2 aliphatic rings. The molecular formula is C20H24N2O. The third-order valence-electron chi connectivity index (χ3n) is 5.34. The number of hydrogen-bond donors (Lipinski definition) is 1. The number of benzene rings is 2. The van der Waals surface area contributed by atoms with Crippen LogP contribution in [0.1, 0.15) is 43.7 Å². The quantitative estimate of drug-likeness (QED) is 0.939. The van der Waals surface area contributed by atoms with E-state index in [1.54, 1.807) is 0 Å². The number of carbonyl (C=O) groups is 1. The fourth-order valence-electron chi connectivity index (χ4n) is 4.19. The Bertz CT molecular complexity index is 700. The van der Waals surface area contributed by atoms with Crippen molar-refractivity contribution in [3.8, 4) is 0 Å². The summed E-state index contributed by atoms with van der Waals surface area (Å²) in [4.78, 5) is 14.9. The van der Waals surface area contributed by atoms with E-state index in [0.29, 0.717) is 18.4 Å². The van der Waals surface area contributed by atoms with Gasteiger partial charge in [-0.1, -0.05) is 42.5 Å². The SMILES string of the molecule is O=C(CC1CCCN1)N1CCCC1c1cccc2ccccc12. The molecule has 2 fully saturated rings. The first-order chi connectivity index (χ1) is 11.3. The van der Waals surface area contributed by atoms with Gasteiger partial charge in [0.2, 0.25) is 5.91 Å². The fraction of sp³-hybridized carbons (Fsp3) is 0.450. The minimum absolute atomic E-state index is 0.245. The molecule has 3 nitrogen and oxygen atoms in total. The molecule has 3 heteroatoms. The molecule has 0 bridgehead atoms. The average molecular weight is 308 g/mol. The molecule has 2 unspecified atom stereocenters. The Morgan fingerprint density at radius 3 is 2.83 bits per heavy atom. The Morgan fingerprint density at radius 2 is 1.96 bits per heavy atom. The summed E-state index contributed by atoms with van der Waals surface area (Å²) < 4.78 is 0. The van der Waals surface area contributed by atoms with E-state index < -0.39 is 0 Å². The van der Waals surface area contributed by atoms with Gasteiger partial charge in [-0.15, -0.1) is 0 Å². The number of likely N-dealkylation sites (tertiary alicyclic amines) is 1. The molecule has 0 aromatic heterocycles. The molecule has 1 amide bonds. The first-order valence-corrected chi connectivity index (χ1v) is 8.83. The van der Waals surface area contributed by atoms with Gasteiger partial charge in [0.1, 0.15) is 0 Å². The third kappa shape index (κ3) is 2.86. The first kappa shape index (κ1) is 14.7. The number of amides is 1. The largest absolute Gasteiger partial charge is 0.336 e. The highest BCUT2D eigenvalue weighted by atomic mass is 16.2. The number of rotatable bonds is 3. The van der Waals surface area contributed by atoms with Gasteiger partial charge in [0.15, 0.2) is 0 Å². The van der Waals surface area contributed by atoms with Gasteiger partial charge in [-0.2, -0.15) is 0 Å². The molecule has 2 aliphatic heterocycles. The van der Waals surface area contributed by atoms with Crippen LogP contribution in [0.2, 0.25) is 0 Å². The minimum atomic E-state index is 0.245. The molecule has 0 saturated carbocycles. The molecule has 2 saturated heterocycles. The summed E-state index contributed by atoms with van der Waals surface area (Å²) in [5.74, 6) is 0.319. The number of carbonyl (C=O) groups excluding carboxylic acids is 1. The Kier molecular flexibility index (Phi) is 4.04. The maximum absolute atomic E-state index is 12.8. The van der Waals surface area contributed by atoms with Gasteiger partial charge in [0, 0.05) is 19.0 Å². The summed E-state index contributed by atoms with van der Waals surface area (Å²) in [6, 6.07) is 15.6. The van der Waals surface area contributed by atoms with E-state index in [1.807, 2.05) is 0 Å². The van der Waals surface area contributed by atoms with Crippen LogP contribution >= 0.6 is 0 Å². The van der Waals surface area contributed by atoms with Crippen molar-refractivity contribution in [1.82, 2.24) is 10.2 Å². The van der Waals surface area contributed by atoms with Gasteiger partial charge in [-0.25, -0.2) is 0 Å². The molecule has 4 rings (SSSR count). The van der Waals surface area contributed by atoms with Crippen molar-refractivity contribution in [3.05, 3.63) is 48.0 Å². The summed E-state index contributed by atoms with van der Waals surface area (Å²) in [7, 11) is 0. The van der Waals surface area contributed by atoms with Crippen molar-refractivity contribution in [2.45, 2.75) is 44.2 Å². The highest BCUT2D eigenvalue weighted by molar-refractivity contribution is 5.87. The Labute approximate surface area is 137 Å². The summed E-state index contributed by atoms with van der Waals surface area (Å²) in [6.45, 7) is 1.96. The second kappa shape index (κ2) is 6.32. The smallest absolute Gasteiger partial charge is 0.224 e. The molecule has 1 N–H and O–H groups in total. The molecule has 2 atom stereocenters. The van der Waals surface area contributed by atoms with Crippen molar-refractivity contribution < 1.29 is 4.79 Å². The van der Waals surface area contributed by atoms with Crippen LogP contribution in [-0.4, -0.2) is 29.9 Å². The van der Waals surface area contributed by atoms with E-state index in [-0.39, 0.29) is 6.04 Å². The lowest BCUT2D eigenvalue weighted by atomic mass is 9.97. The van der Waals surface area contributed by atoms with E-state index in [2.05, 4.69) is 52.7 Å². The second-order valence-electron chi connectivity index (χ2n) is 6.81. The highest BCUT2D eigenvalue weighted by Crippen LogP contribution is 2.36. The molecule has 2 heterocycles. The zero-order valence-corrected chi connectivity index (χ0v) is 13.5. The van der Waals surface area contributed by atoms with Crippen LogP contribution in [0, 0.1) is 0 Å².